The summed E-state index contributed by atoms with van der Waals surface area (Å²) in [6, 6.07) is 11.7. The lowest BCUT2D eigenvalue weighted by Gasteiger charge is -2.19. The van der Waals surface area contributed by atoms with E-state index < -0.39 is 28.8 Å². The van der Waals surface area contributed by atoms with E-state index in [1.165, 1.54) is 37.1 Å². The van der Waals surface area contributed by atoms with Crippen LogP contribution in [0.5, 0.6) is 5.75 Å². The van der Waals surface area contributed by atoms with Gasteiger partial charge in [-0.1, -0.05) is 18.2 Å². The van der Waals surface area contributed by atoms with E-state index in [1.807, 2.05) is 32.0 Å². The summed E-state index contributed by atoms with van der Waals surface area (Å²) in [7, 11) is 1.47. The van der Waals surface area contributed by atoms with E-state index in [-0.39, 0.29) is 24.5 Å². The Morgan fingerprint density at radius 3 is 2.33 bits per heavy atom. The van der Waals surface area contributed by atoms with Crippen LogP contribution >= 0.6 is 0 Å². The fraction of sp³-hybridized carbons (Fsp3) is 0.292. The normalized spacial score (nSPS) is 11.4. The number of likely N-dealkylation sites (N-methyl/N-ethyl adjacent to an activating group) is 1. The number of aryl methyl sites for hydroxylation is 3. The maximum absolute atomic E-state index is 13.5. The number of carbonyl (C=O) groups excluding carboxylic acids is 1. The number of para-hydroxylation sites is 1. The summed E-state index contributed by atoms with van der Waals surface area (Å²) in [5, 5.41) is 4.00. The second-order valence-electron chi connectivity index (χ2n) is 7.82. The SMILES string of the molecule is Cc1cc(C)cc(OCCN(C)C(=O)c2nn(-c3ccccc3C(F)(F)F)c(C)cc2=O)c1. The quantitative estimate of drug-likeness (QED) is 0.551. The zero-order valence-corrected chi connectivity index (χ0v) is 18.7. The third-order valence-corrected chi connectivity index (χ3v) is 4.99. The van der Waals surface area contributed by atoms with Crippen molar-refractivity contribution in [3.05, 3.63) is 86.8 Å². The zero-order valence-electron chi connectivity index (χ0n) is 18.7. The summed E-state index contributed by atoms with van der Waals surface area (Å²) < 4.78 is 47.1. The molecule has 9 heteroatoms. The molecule has 0 unspecified atom stereocenters. The summed E-state index contributed by atoms with van der Waals surface area (Å²) in [6.07, 6.45) is -4.62. The Bertz CT molecular complexity index is 1220. The Hall–Kier alpha value is -3.62. The van der Waals surface area contributed by atoms with Gasteiger partial charge in [0.2, 0.25) is 5.43 Å². The highest BCUT2D eigenvalue weighted by atomic mass is 19.4. The Morgan fingerprint density at radius 2 is 1.70 bits per heavy atom. The highest BCUT2D eigenvalue weighted by molar-refractivity contribution is 5.91. The van der Waals surface area contributed by atoms with Crippen molar-refractivity contribution in [3.8, 4) is 11.4 Å². The molecule has 3 rings (SSSR count). The number of hydrogen-bond acceptors (Lipinski definition) is 4. The molecule has 0 aliphatic heterocycles. The van der Waals surface area contributed by atoms with Gasteiger partial charge in [-0.05, 0) is 56.2 Å². The number of halogens is 3. The highest BCUT2D eigenvalue weighted by Gasteiger charge is 2.34. The Balaban J connectivity index is 1.83. The highest BCUT2D eigenvalue weighted by Crippen LogP contribution is 2.33. The van der Waals surface area contributed by atoms with Crippen LogP contribution in [0.2, 0.25) is 0 Å². The summed E-state index contributed by atoms with van der Waals surface area (Å²) in [5.41, 5.74) is -0.0630. The standard InChI is InChI=1S/C24H24F3N3O3/c1-15-11-16(2)13-18(12-15)33-10-9-29(4)23(32)22-21(31)14-17(3)30(28-22)20-8-6-5-7-19(20)24(25,26)27/h5-8,11-14H,9-10H2,1-4H3. The second kappa shape index (κ2) is 9.48. The molecule has 3 aromatic rings. The van der Waals surface area contributed by atoms with Crippen molar-refractivity contribution in [1.29, 1.82) is 0 Å². The summed E-state index contributed by atoms with van der Waals surface area (Å²) >= 11 is 0. The molecule has 33 heavy (non-hydrogen) atoms. The number of amides is 1. The molecule has 0 N–H and O–H groups in total. The van der Waals surface area contributed by atoms with Crippen LogP contribution in [0.15, 0.2) is 53.3 Å². The number of alkyl halides is 3. The van der Waals surface area contributed by atoms with Crippen molar-refractivity contribution in [1.82, 2.24) is 14.7 Å². The largest absolute Gasteiger partial charge is 0.492 e. The first kappa shape index (κ1) is 24.0. The number of rotatable bonds is 6. The van der Waals surface area contributed by atoms with Crippen LogP contribution in [0.25, 0.3) is 5.69 Å². The molecule has 1 amide bonds. The van der Waals surface area contributed by atoms with E-state index in [9.17, 15) is 22.8 Å². The van der Waals surface area contributed by atoms with Crippen molar-refractivity contribution >= 4 is 5.91 Å². The minimum absolute atomic E-state index is 0.153. The average Bonchev–Trinajstić information content (AvgIpc) is 2.72. The number of nitrogens with zero attached hydrogens (tertiary/aromatic N) is 3. The Kier molecular flexibility index (Phi) is 6.90. The number of benzene rings is 2. The molecule has 0 radical (unpaired) electrons. The number of ether oxygens (including phenoxy) is 1. The molecule has 174 valence electrons. The second-order valence-corrected chi connectivity index (χ2v) is 7.82. The van der Waals surface area contributed by atoms with Gasteiger partial charge in [-0.15, -0.1) is 0 Å². The van der Waals surface area contributed by atoms with Crippen LogP contribution in [-0.4, -0.2) is 40.8 Å². The molecule has 0 saturated carbocycles. The van der Waals surface area contributed by atoms with Crippen LogP contribution in [0.3, 0.4) is 0 Å². The van der Waals surface area contributed by atoms with E-state index in [1.54, 1.807) is 0 Å². The van der Waals surface area contributed by atoms with Gasteiger partial charge in [0.1, 0.15) is 12.4 Å². The maximum atomic E-state index is 13.5. The molecule has 6 nitrogen and oxygen atoms in total. The first-order valence-corrected chi connectivity index (χ1v) is 10.2. The van der Waals surface area contributed by atoms with Crippen molar-refractivity contribution in [2.75, 3.05) is 20.2 Å². The molecule has 2 aromatic carbocycles. The average molecular weight is 459 g/mol. The molecular formula is C24H24F3N3O3. The van der Waals surface area contributed by atoms with Crippen LogP contribution in [0.1, 0.15) is 32.9 Å². The van der Waals surface area contributed by atoms with Crippen molar-refractivity contribution in [3.63, 3.8) is 0 Å². The van der Waals surface area contributed by atoms with Crippen LogP contribution in [0, 0.1) is 20.8 Å². The zero-order chi connectivity index (χ0) is 24.3. The van der Waals surface area contributed by atoms with Gasteiger partial charge in [0.05, 0.1) is 17.8 Å². The summed E-state index contributed by atoms with van der Waals surface area (Å²) in [4.78, 5) is 26.6. The van der Waals surface area contributed by atoms with E-state index in [4.69, 9.17) is 4.74 Å². The van der Waals surface area contributed by atoms with Crippen LogP contribution in [-0.2, 0) is 6.18 Å². The van der Waals surface area contributed by atoms with Crippen LogP contribution in [0.4, 0.5) is 13.2 Å². The molecular weight excluding hydrogens is 435 g/mol. The van der Waals surface area contributed by atoms with Crippen molar-refractivity contribution < 1.29 is 22.7 Å². The molecule has 1 aromatic heterocycles. The van der Waals surface area contributed by atoms with Gasteiger partial charge in [0, 0.05) is 18.8 Å². The van der Waals surface area contributed by atoms with Gasteiger partial charge < -0.3 is 9.64 Å². The lowest BCUT2D eigenvalue weighted by atomic mass is 10.1. The minimum atomic E-state index is -4.62. The summed E-state index contributed by atoms with van der Waals surface area (Å²) in [5.74, 6) is -0.0461. The first-order chi connectivity index (χ1) is 15.5. The molecule has 0 aliphatic rings. The van der Waals surface area contributed by atoms with Gasteiger partial charge in [0.15, 0.2) is 5.69 Å². The predicted molar refractivity (Wildman–Crippen MR) is 118 cm³/mol. The van der Waals surface area contributed by atoms with Gasteiger partial charge in [-0.3, -0.25) is 9.59 Å². The monoisotopic (exact) mass is 459 g/mol. The number of aromatic nitrogens is 2. The lowest BCUT2D eigenvalue weighted by molar-refractivity contribution is -0.137. The van der Waals surface area contributed by atoms with E-state index >= 15 is 0 Å². The Labute approximate surface area is 189 Å². The fourth-order valence-electron chi connectivity index (χ4n) is 3.44. The maximum Gasteiger partial charge on any atom is 0.418 e. The predicted octanol–water partition coefficient (Wildman–Crippen LogP) is 4.33. The summed E-state index contributed by atoms with van der Waals surface area (Å²) in [6.45, 7) is 5.67. The molecule has 1 heterocycles. The molecule has 0 aliphatic carbocycles. The first-order valence-electron chi connectivity index (χ1n) is 10.2. The van der Waals surface area contributed by atoms with Crippen molar-refractivity contribution in [2.24, 2.45) is 0 Å². The minimum Gasteiger partial charge on any atom is -0.492 e. The van der Waals surface area contributed by atoms with Gasteiger partial charge in [0.25, 0.3) is 5.91 Å². The lowest BCUT2D eigenvalue weighted by Crippen LogP contribution is -2.36. The van der Waals surface area contributed by atoms with Crippen LogP contribution < -0.4 is 10.2 Å². The number of hydrogen-bond donors (Lipinski definition) is 0. The van der Waals surface area contributed by atoms with Gasteiger partial charge >= 0.3 is 6.18 Å². The number of carbonyl (C=O) groups is 1. The van der Waals surface area contributed by atoms with Gasteiger partial charge in [-0.25, -0.2) is 4.68 Å². The fourth-order valence-corrected chi connectivity index (χ4v) is 3.44. The topological polar surface area (TPSA) is 64.4 Å². The molecule has 0 saturated heterocycles. The third kappa shape index (κ3) is 5.60. The smallest absolute Gasteiger partial charge is 0.418 e. The van der Waals surface area contributed by atoms with E-state index in [0.29, 0.717) is 5.75 Å². The van der Waals surface area contributed by atoms with E-state index in [0.717, 1.165) is 27.9 Å². The van der Waals surface area contributed by atoms with Gasteiger partial charge in [-0.2, -0.15) is 18.3 Å². The van der Waals surface area contributed by atoms with E-state index in [2.05, 4.69) is 5.10 Å². The molecule has 0 bridgehead atoms. The molecule has 0 spiro atoms. The molecule has 0 fully saturated rings. The van der Waals surface area contributed by atoms with Crippen molar-refractivity contribution in [2.45, 2.75) is 26.9 Å². The molecule has 0 atom stereocenters. The Morgan fingerprint density at radius 1 is 1.06 bits per heavy atom. The third-order valence-electron chi connectivity index (χ3n) is 4.99.